The molecule has 1 aliphatic heterocycles. The number of nitrogens with zero attached hydrogens (tertiary/aromatic N) is 2. The Balaban J connectivity index is 2.76. The molecule has 0 spiro atoms. The van der Waals surface area contributed by atoms with Crippen molar-refractivity contribution in [1.82, 2.24) is 9.80 Å². The Hall–Kier alpha value is -1.34. The van der Waals surface area contributed by atoms with Crippen molar-refractivity contribution in [3.8, 4) is 0 Å². The summed E-state index contributed by atoms with van der Waals surface area (Å²) in [6.07, 6.45) is -1.09. The predicted molar refractivity (Wildman–Crippen MR) is 69.9 cm³/mol. The molecule has 1 saturated heterocycles. The first-order valence-electron chi connectivity index (χ1n) is 6.39. The highest BCUT2D eigenvalue weighted by molar-refractivity contribution is 5.81. The summed E-state index contributed by atoms with van der Waals surface area (Å²) in [4.78, 5) is 26.4. The summed E-state index contributed by atoms with van der Waals surface area (Å²) in [6, 6.07) is -0.781. The fraction of sp³-hybridized carbons (Fsp3) is 0.833. The van der Waals surface area contributed by atoms with Crippen molar-refractivity contribution in [3.05, 3.63) is 0 Å². The van der Waals surface area contributed by atoms with Crippen molar-refractivity contribution in [2.24, 2.45) is 5.73 Å². The van der Waals surface area contributed by atoms with Gasteiger partial charge in [-0.25, -0.2) is 9.59 Å². The lowest BCUT2D eigenvalue weighted by Crippen LogP contribution is -2.59. The third-order valence-corrected chi connectivity index (χ3v) is 2.83. The second-order valence-electron chi connectivity index (χ2n) is 5.61. The van der Waals surface area contributed by atoms with Crippen LogP contribution in [0.1, 0.15) is 20.8 Å². The molecule has 3 N–H and O–H groups in total. The van der Waals surface area contributed by atoms with Crippen LogP contribution in [0, 0.1) is 0 Å². The van der Waals surface area contributed by atoms with E-state index in [9.17, 15) is 9.59 Å². The van der Waals surface area contributed by atoms with Crippen LogP contribution in [0.15, 0.2) is 0 Å². The maximum absolute atomic E-state index is 12.1. The number of hydrogen-bond donors (Lipinski definition) is 2. The van der Waals surface area contributed by atoms with E-state index in [1.165, 1.54) is 0 Å². The summed E-state index contributed by atoms with van der Waals surface area (Å²) in [7, 11) is 0. The predicted octanol–water partition coefficient (Wildman–Crippen LogP) is -0.0490. The molecule has 0 aromatic rings. The second kappa shape index (κ2) is 6.21. The molecule has 0 aromatic heterocycles. The molecule has 7 heteroatoms. The largest absolute Gasteiger partial charge is 0.465 e. The van der Waals surface area contributed by atoms with Crippen LogP contribution in [0.4, 0.5) is 4.79 Å². The van der Waals surface area contributed by atoms with E-state index in [0.717, 1.165) is 4.90 Å². The number of carbonyl (C=O) groups is 2. The maximum Gasteiger partial charge on any atom is 0.408 e. The number of esters is 1. The van der Waals surface area contributed by atoms with Crippen LogP contribution in [0.3, 0.4) is 0 Å². The van der Waals surface area contributed by atoms with E-state index in [1.807, 2.05) is 4.90 Å². The number of piperazine rings is 1. The van der Waals surface area contributed by atoms with Crippen LogP contribution in [-0.4, -0.2) is 71.3 Å². The van der Waals surface area contributed by atoms with E-state index < -0.39 is 23.7 Å². The summed E-state index contributed by atoms with van der Waals surface area (Å²) >= 11 is 0. The zero-order valence-corrected chi connectivity index (χ0v) is 11.8. The molecule has 1 fully saturated rings. The summed E-state index contributed by atoms with van der Waals surface area (Å²) in [5, 5.41) is 9.15. The van der Waals surface area contributed by atoms with E-state index in [0.29, 0.717) is 32.7 Å². The molecule has 1 unspecified atom stereocenters. The van der Waals surface area contributed by atoms with Gasteiger partial charge >= 0.3 is 12.1 Å². The molecule has 0 radical (unpaired) electrons. The van der Waals surface area contributed by atoms with E-state index >= 15 is 0 Å². The van der Waals surface area contributed by atoms with Crippen LogP contribution < -0.4 is 5.73 Å². The fourth-order valence-electron chi connectivity index (χ4n) is 2.03. The van der Waals surface area contributed by atoms with Gasteiger partial charge in [0.05, 0.1) is 0 Å². The zero-order valence-electron chi connectivity index (χ0n) is 11.8. The van der Waals surface area contributed by atoms with Gasteiger partial charge in [-0.3, -0.25) is 9.80 Å². The maximum atomic E-state index is 12.1. The van der Waals surface area contributed by atoms with Gasteiger partial charge in [-0.1, -0.05) is 0 Å². The van der Waals surface area contributed by atoms with Gasteiger partial charge in [0.25, 0.3) is 0 Å². The van der Waals surface area contributed by atoms with Crippen LogP contribution in [0.2, 0.25) is 0 Å². The average molecular weight is 273 g/mol. The molecule has 19 heavy (non-hydrogen) atoms. The molecule has 110 valence electrons. The lowest BCUT2D eigenvalue weighted by atomic mass is 10.1. The van der Waals surface area contributed by atoms with Crippen molar-refractivity contribution in [2.75, 3.05) is 32.7 Å². The van der Waals surface area contributed by atoms with Crippen molar-refractivity contribution in [2.45, 2.75) is 32.4 Å². The van der Waals surface area contributed by atoms with Gasteiger partial charge in [-0.15, -0.1) is 0 Å². The summed E-state index contributed by atoms with van der Waals surface area (Å²) < 4.78 is 5.28. The molecular formula is C12H23N3O4. The Morgan fingerprint density at radius 1 is 1.37 bits per heavy atom. The van der Waals surface area contributed by atoms with Crippen molar-refractivity contribution < 1.29 is 19.4 Å². The van der Waals surface area contributed by atoms with Crippen LogP contribution in [-0.2, 0) is 9.53 Å². The van der Waals surface area contributed by atoms with Crippen LogP contribution in [0.25, 0.3) is 0 Å². The average Bonchev–Trinajstić information content (AvgIpc) is 2.26. The third kappa shape index (κ3) is 4.68. The number of hydrogen-bond acceptors (Lipinski definition) is 5. The van der Waals surface area contributed by atoms with Gasteiger partial charge in [0.15, 0.2) is 0 Å². The first-order chi connectivity index (χ1) is 8.74. The molecule has 1 rings (SSSR count). The first kappa shape index (κ1) is 15.7. The molecule has 1 aliphatic rings. The van der Waals surface area contributed by atoms with E-state index in [2.05, 4.69) is 0 Å². The number of amides is 1. The fourth-order valence-corrected chi connectivity index (χ4v) is 2.03. The van der Waals surface area contributed by atoms with Crippen molar-refractivity contribution >= 4 is 12.1 Å². The quantitative estimate of drug-likeness (QED) is 0.700. The minimum absolute atomic E-state index is 0.291. The lowest BCUT2D eigenvalue weighted by molar-refractivity contribution is -0.163. The van der Waals surface area contributed by atoms with Crippen LogP contribution >= 0.6 is 0 Å². The smallest absolute Gasteiger partial charge is 0.408 e. The van der Waals surface area contributed by atoms with E-state index in [4.69, 9.17) is 15.6 Å². The number of ether oxygens (including phenoxy) is 1. The van der Waals surface area contributed by atoms with E-state index in [-0.39, 0.29) is 0 Å². The molecule has 1 heterocycles. The SMILES string of the molecule is CC(C)(C)OC(=O)C1CN(CCN)CCN1C(=O)O. The highest BCUT2D eigenvalue weighted by atomic mass is 16.6. The Bertz CT molecular complexity index is 340. The van der Waals surface area contributed by atoms with Crippen molar-refractivity contribution in [3.63, 3.8) is 0 Å². The first-order valence-corrected chi connectivity index (χ1v) is 6.39. The molecule has 1 amide bonds. The molecule has 0 aromatic carbocycles. The minimum Gasteiger partial charge on any atom is -0.465 e. The molecular weight excluding hydrogens is 250 g/mol. The Kier molecular flexibility index (Phi) is 5.13. The Morgan fingerprint density at radius 2 is 2.00 bits per heavy atom. The third-order valence-electron chi connectivity index (χ3n) is 2.83. The topological polar surface area (TPSA) is 96.1 Å². The Morgan fingerprint density at radius 3 is 2.47 bits per heavy atom. The van der Waals surface area contributed by atoms with Gasteiger partial charge in [0.1, 0.15) is 11.6 Å². The van der Waals surface area contributed by atoms with Crippen LogP contribution in [0.5, 0.6) is 0 Å². The molecule has 0 aliphatic carbocycles. The molecule has 1 atom stereocenters. The van der Waals surface area contributed by atoms with E-state index in [1.54, 1.807) is 20.8 Å². The number of rotatable bonds is 3. The Labute approximate surface area is 113 Å². The van der Waals surface area contributed by atoms with Crippen molar-refractivity contribution in [1.29, 1.82) is 0 Å². The summed E-state index contributed by atoms with van der Waals surface area (Å²) in [5.74, 6) is -0.503. The normalized spacial score (nSPS) is 21.3. The highest BCUT2D eigenvalue weighted by Crippen LogP contribution is 2.15. The number of nitrogens with two attached hydrogens (primary N) is 1. The van der Waals surface area contributed by atoms with Gasteiger partial charge in [-0.2, -0.15) is 0 Å². The zero-order chi connectivity index (χ0) is 14.6. The van der Waals surface area contributed by atoms with Gasteiger partial charge in [-0.05, 0) is 20.8 Å². The van der Waals surface area contributed by atoms with Gasteiger partial charge in [0, 0.05) is 32.7 Å². The van der Waals surface area contributed by atoms with Gasteiger partial charge < -0.3 is 15.6 Å². The molecule has 7 nitrogen and oxygen atoms in total. The number of carbonyl (C=O) groups excluding carboxylic acids is 1. The molecule has 0 bridgehead atoms. The standard InChI is InChI=1S/C12H23N3O4/c1-12(2,3)19-10(16)9-8-14(5-4-13)6-7-15(9)11(17)18/h9H,4-8,13H2,1-3H3,(H,17,18). The minimum atomic E-state index is -1.09. The van der Waals surface area contributed by atoms with Gasteiger partial charge in [0.2, 0.25) is 0 Å². The lowest BCUT2D eigenvalue weighted by Gasteiger charge is -2.39. The second-order valence-corrected chi connectivity index (χ2v) is 5.61. The monoisotopic (exact) mass is 273 g/mol. The highest BCUT2D eigenvalue weighted by Gasteiger charge is 2.37. The molecule has 0 saturated carbocycles. The summed E-state index contributed by atoms with van der Waals surface area (Å²) in [6.45, 7) is 7.62. The summed E-state index contributed by atoms with van der Waals surface area (Å²) in [5.41, 5.74) is 4.86. The number of carboxylic acid groups (broad SMARTS) is 1.